The molecule has 2 aromatic carbocycles. The van der Waals surface area contributed by atoms with Crippen LogP contribution < -0.4 is 5.56 Å². The van der Waals surface area contributed by atoms with Gasteiger partial charge in [0.2, 0.25) is 21.5 Å². The molecule has 32 heavy (non-hydrogen) atoms. The van der Waals surface area contributed by atoms with Crippen molar-refractivity contribution in [1.82, 2.24) is 14.2 Å². The molecule has 0 bridgehead atoms. The van der Waals surface area contributed by atoms with Crippen molar-refractivity contribution < 1.29 is 13.2 Å². The van der Waals surface area contributed by atoms with E-state index in [1.165, 1.54) is 16.4 Å². The molecule has 0 spiro atoms. The summed E-state index contributed by atoms with van der Waals surface area (Å²) in [6, 6.07) is 17.6. The lowest BCUT2D eigenvalue weighted by atomic mass is 9.96. The molecular formula is C24H27N3O4S. The number of sulfonamides is 1. The predicted octanol–water partition coefficient (Wildman–Crippen LogP) is 2.98. The third-order valence-corrected chi connectivity index (χ3v) is 7.94. The maximum atomic E-state index is 13.2. The molecule has 4 rings (SSSR count). The Labute approximate surface area is 187 Å². The van der Waals surface area contributed by atoms with Gasteiger partial charge >= 0.3 is 0 Å². The van der Waals surface area contributed by atoms with Gasteiger partial charge in [0.05, 0.1) is 4.90 Å². The van der Waals surface area contributed by atoms with E-state index in [-0.39, 0.29) is 22.3 Å². The maximum absolute atomic E-state index is 13.2. The summed E-state index contributed by atoms with van der Waals surface area (Å²) in [5.41, 5.74) is 1.45. The van der Waals surface area contributed by atoms with Gasteiger partial charge in [-0.2, -0.15) is 4.31 Å². The number of hydrogen-bond donors (Lipinski definition) is 1. The number of nitrogens with zero attached hydrogens (tertiary/aromatic N) is 2. The summed E-state index contributed by atoms with van der Waals surface area (Å²) < 4.78 is 27.8. The number of carbonyl (C=O) groups is 1. The highest BCUT2D eigenvalue weighted by atomic mass is 32.2. The van der Waals surface area contributed by atoms with Crippen molar-refractivity contribution in [3.8, 4) is 0 Å². The minimum absolute atomic E-state index is 0.0862. The first-order valence-electron chi connectivity index (χ1n) is 10.8. The number of aromatic nitrogens is 1. The summed E-state index contributed by atoms with van der Waals surface area (Å²) in [5.74, 6) is -0.0881. The fraction of sp³-hybridized carbons (Fsp3) is 0.333. The standard InChI is InChI=1S/C24H27N3O4S/c1-2-26(17-18-6-4-3-5-7-18)24(29)19-12-14-27(15-13-19)32(30,31)21-9-10-22-20(16-21)8-11-23(28)25-22/h3-11,16,19H,2,12-15,17H2,1H3,(H,25,28). The van der Waals surface area contributed by atoms with Gasteiger partial charge in [-0.25, -0.2) is 8.42 Å². The van der Waals surface area contributed by atoms with E-state index in [1.807, 2.05) is 42.2 Å². The monoisotopic (exact) mass is 453 g/mol. The van der Waals surface area contributed by atoms with Crippen molar-refractivity contribution in [2.45, 2.75) is 31.2 Å². The summed E-state index contributed by atoms with van der Waals surface area (Å²) in [5, 5.41) is 0.662. The van der Waals surface area contributed by atoms with E-state index in [1.54, 1.807) is 18.2 Å². The first-order valence-corrected chi connectivity index (χ1v) is 12.3. The second-order valence-electron chi connectivity index (χ2n) is 8.09. The van der Waals surface area contributed by atoms with E-state index >= 15 is 0 Å². The number of benzene rings is 2. The van der Waals surface area contributed by atoms with Gasteiger partial charge in [-0.15, -0.1) is 0 Å². The summed E-state index contributed by atoms with van der Waals surface area (Å²) in [6.45, 7) is 3.77. The summed E-state index contributed by atoms with van der Waals surface area (Å²) in [4.78, 5) is 29.3. The fourth-order valence-corrected chi connectivity index (χ4v) is 5.70. The van der Waals surface area contributed by atoms with Gasteiger partial charge in [0.25, 0.3) is 0 Å². The first kappa shape index (κ1) is 22.2. The van der Waals surface area contributed by atoms with E-state index < -0.39 is 10.0 Å². The molecule has 0 atom stereocenters. The number of carbonyl (C=O) groups excluding carboxylic acids is 1. The second-order valence-corrected chi connectivity index (χ2v) is 10.0. The van der Waals surface area contributed by atoms with Crippen molar-refractivity contribution in [2.75, 3.05) is 19.6 Å². The Morgan fingerprint density at radius 3 is 2.47 bits per heavy atom. The molecule has 0 unspecified atom stereocenters. The Hall–Kier alpha value is -2.97. The fourth-order valence-electron chi connectivity index (χ4n) is 4.19. The van der Waals surface area contributed by atoms with Crippen molar-refractivity contribution in [1.29, 1.82) is 0 Å². The number of hydrogen-bond acceptors (Lipinski definition) is 4. The molecule has 2 heterocycles. The van der Waals surface area contributed by atoms with Crippen molar-refractivity contribution in [3.63, 3.8) is 0 Å². The molecule has 0 aliphatic carbocycles. The molecule has 1 aliphatic heterocycles. The van der Waals surface area contributed by atoms with E-state index in [2.05, 4.69) is 4.98 Å². The minimum Gasteiger partial charge on any atom is -0.338 e. The molecule has 1 N–H and O–H groups in total. The number of amides is 1. The average molecular weight is 454 g/mol. The Morgan fingerprint density at radius 1 is 1.06 bits per heavy atom. The van der Waals surface area contributed by atoms with Gasteiger partial charge < -0.3 is 9.88 Å². The quantitative estimate of drug-likeness (QED) is 0.621. The van der Waals surface area contributed by atoms with Crippen LogP contribution in [0.4, 0.5) is 0 Å². The van der Waals surface area contributed by atoms with Gasteiger partial charge in [-0.05, 0) is 55.0 Å². The van der Waals surface area contributed by atoms with Crippen LogP contribution in [0.15, 0.2) is 70.4 Å². The number of pyridine rings is 1. The molecule has 1 fully saturated rings. The molecule has 3 aromatic rings. The SMILES string of the molecule is CCN(Cc1ccccc1)C(=O)C1CCN(S(=O)(=O)c2ccc3[nH]c(=O)ccc3c2)CC1. The van der Waals surface area contributed by atoms with Crippen LogP contribution in [0.25, 0.3) is 10.9 Å². The highest BCUT2D eigenvalue weighted by molar-refractivity contribution is 7.89. The maximum Gasteiger partial charge on any atom is 0.248 e. The predicted molar refractivity (Wildman–Crippen MR) is 124 cm³/mol. The number of rotatable bonds is 6. The molecule has 0 radical (unpaired) electrons. The molecular weight excluding hydrogens is 426 g/mol. The lowest BCUT2D eigenvalue weighted by molar-refractivity contribution is -0.137. The van der Waals surface area contributed by atoms with Crippen LogP contribution in [0.1, 0.15) is 25.3 Å². The zero-order valence-corrected chi connectivity index (χ0v) is 18.8. The second kappa shape index (κ2) is 9.26. The number of H-pyrrole nitrogens is 1. The molecule has 168 valence electrons. The molecule has 0 saturated carbocycles. The lowest BCUT2D eigenvalue weighted by Gasteiger charge is -2.33. The Balaban J connectivity index is 1.43. The van der Waals surface area contributed by atoms with Crippen LogP contribution in [0.2, 0.25) is 0 Å². The summed E-state index contributed by atoms with van der Waals surface area (Å²) in [6.07, 6.45) is 1.01. The first-order chi connectivity index (χ1) is 15.4. The molecule has 7 nitrogen and oxygen atoms in total. The van der Waals surface area contributed by atoms with Crippen LogP contribution in [0.3, 0.4) is 0 Å². The Morgan fingerprint density at radius 2 is 1.78 bits per heavy atom. The third kappa shape index (κ3) is 4.61. The van der Waals surface area contributed by atoms with Gasteiger partial charge in [0, 0.05) is 43.7 Å². The number of piperidine rings is 1. The normalized spacial score (nSPS) is 15.7. The van der Waals surface area contributed by atoms with Gasteiger partial charge in [-0.3, -0.25) is 9.59 Å². The summed E-state index contributed by atoms with van der Waals surface area (Å²) >= 11 is 0. The third-order valence-electron chi connectivity index (χ3n) is 6.05. The smallest absolute Gasteiger partial charge is 0.248 e. The lowest BCUT2D eigenvalue weighted by Crippen LogP contribution is -2.44. The largest absolute Gasteiger partial charge is 0.338 e. The highest BCUT2D eigenvalue weighted by Gasteiger charge is 2.33. The van der Waals surface area contributed by atoms with Crippen LogP contribution in [0.5, 0.6) is 0 Å². The van der Waals surface area contributed by atoms with E-state index in [4.69, 9.17) is 0 Å². The zero-order chi connectivity index (χ0) is 22.7. The van der Waals surface area contributed by atoms with Gasteiger partial charge in [0.1, 0.15) is 0 Å². The van der Waals surface area contributed by atoms with E-state index in [0.29, 0.717) is 49.9 Å². The van der Waals surface area contributed by atoms with Crippen LogP contribution >= 0.6 is 0 Å². The molecule has 8 heteroatoms. The van der Waals surface area contributed by atoms with Crippen LogP contribution in [-0.2, 0) is 21.4 Å². The average Bonchev–Trinajstić information content (AvgIpc) is 2.82. The zero-order valence-electron chi connectivity index (χ0n) is 18.0. The Bertz CT molecular complexity index is 1260. The van der Waals surface area contributed by atoms with Gasteiger partial charge in [0.15, 0.2) is 0 Å². The van der Waals surface area contributed by atoms with Gasteiger partial charge in [-0.1, -0.05) is 30.3 Å². The van der Waals surface area contributed by atoms with Crippen molar-refractivity contribution in [3.05, 3.63) is 76.6 Å². The Kier molecular flexibility index (Phi) is 6.43. The molecule has 1 aromatic heterocycles. The summed E-state index contributed by atoms with van der Waals surface area (Å²) in [7, 11) is -3.67. The number of aromatic amines is 1. The molecule has 1 saturated heterocycles. The van der Waals surface area contributed by atoms with Crippen LogP contribution in [0, 0.1) is 5.92 Å². The van der Waals surface area contributed by atoms with Crippen molar-refractivity contribution in [2.24, 2.45) is 5.92 Å². The van der Waals surface area contributed by atoms with Crippen LogP contribution in [-0.4, -0.2) is 48.1 Å². The minimum atomic E-state index is -3.67. The van der Waals surface area contributed by atoms with E-state index in [9.17, 15) is 18.0 Å². The molecule has 1 aliphatic rings. The number of fused-ring (bicyclic) bond motifs is 1. The molecule has 1 amide bonds. The highest BCUT2D eigenvalue weighted by Crippen LogP contribution is 2.27. The topological polar surface area (TPSA) is 90.6 Å². The van der Waals surface area contributed by atoms with Crippen molar-refractivity contribution >= 4 is 26.8 Å². The van der Waals surface area contributed by atoms with E-state index in [0.717, 1.165) is 5.56 Å². The number of nitrogens with one attached hydrogen (secondary N) is 1.